The smallest absolute Gasteiger partial charge is 0.273 e. The van der Waals surface area contributed by atoms with Gasteiger partial charge in [0.2, 0.25) is 0 Å². The third-order valence-electron chi connectivity index (χ3n) is 2.74. The van der Waals surface area contributed by atoms with Crippen LogP contribution in [0.1, 0.15) is 21.9 Å². The molecule has 0 saturated carbocycles. The molecule has 0 aromatic carbocycles. The quantitative estimate of drug-likeness (QED) is 0.805. The van der Waals surface area contributed by atoms with Gasteiger partial charge in [0.05, 0.1) is 11.6 Å². The van der Waals surface area contributed by atoms with Crippen LogP contribution in [0.4, 0.5) is 0 Å². The Kier molecular flexibility index (Phi) is 3.56. The van der Waals surface area contributed by atoms with E-state index in [0.717, 1.165) is 31.2 Å². The summed E-state index contributed by atoms with van der Waals surface area (Å²) in [7, 11) is 1.83. The zero-order valence-electron chi connectivity index (χ0n) is 9.60. The number of nitrogens with zero attached hydrogens (tertiary/aromatic N) is 2. The van der Waals surface area contributed by atoms with Crippen LogP contribution in [-0.4, -0.2) is 42.6 Å². The molecule has 1 saturated heterocycles. The average Bonchev–Trinajstić information content (AvgIpc) is 2.88. The normalized spacial score (nSPS) is 20.0. The predicted octanol–water partition coefficient (Wildman–Crippen LogP) is 1.56. The summed E-state index contributed by atoms with van der Waals surface area (Å²) < 4.78 is 5.30. The number of aromatic nitrogens is 1. The van der Waals surface area contributed by atoms with Crippen LogP contribution in [0.3, 0.4) is 0 Å². The highest BCUT2D eigenvalue weighted by Crippen LogP contribution is 2.15. The van der Waals surface area contributed by atoms with Gasteiger partial charge in [-0.25, -0.2) is 4.98 Å². The lowest BCUT2D eigenvalue weighted by atomic mass is 10.1. The highest BCUT2D eigenvalue weighted by atomic mass is 32.1. The fourth-order valence-electron chi connectivity index (χ4n) is 1.85. The summed E-state index contributed by atoms with van der Waals surface area (Å²) in [5.74, 6) is 0.491. The number of aryl methyl sites for hydroxylation is 1. The molecular formula is C11H16N2O2S. The SMILES string of the molecule is Cc1nc(C(=O)N(C)CC2CCOC2)cs1. The molecule has 1 aromatic heterocycles. The van der Waals surface area contributed by atoms with Crippen LogP contribution < -0.4 is 0 Å². The average molecular weight is 240 g/mol. The maximum absolute atomic E-state index is 12.0. The van der Waals surface area contributed by atoms with Crippen LogP contribution in [0, 0.1) is 12.8 Å². The number of hydrogen-bond donors (Lipinski definition) is 0. The Balaban J connectivity index is 1.93. The van der Waals surface area contributed by atoms with Gasteiger partial charge >= 0.3 is 0 Å². The third-order valence-corrected chi connectivity index (χ3v) is 3.51. The molecule has 1 aliphatic rings. The maximum atomic E-state index is 12.0. The van der Waals surface area contributed by atoms with E-state index in [9.17, 15) is 4.79 Å². The predicted molar refractivity (Wildman–Crippen MR) is 62.7 cm³/mol. The Morgan fingerprint density at radius 1 is 1.75 bits per heavy atom. The molecular weight excluding hydrogens is 224 g/mol. The van der Waals surface area contributed by atoms with Crippen LogP contribution in [0.15, 0.2) is 5.38 Å². The van der Waals surface area contributed by atoms with E-state index in [1.807, 2.05) is 19.4 Å². The number of rotatable bonds is 3. The Hall–Kier alpha value is -0.940. The number of carbonyl (C=O) groups excluding carboxylic acids is 1. The zero-order valence-corrected chi connectivity index (χ0v) is 10.4. The standard InChI is InChI=1S/C11H16N2O2S/c1-8-12-10(7-16-8)11(14)13(2)5-9-3-4-15-6-9/h7,9H,3-6H2,1-2H3. The van der Waals surface area contributed by atoms with Gasteiger partial charge in [0.25, 0.3) is 5.91 Å². The highest BCUT2D eigenvalue weighted by molar-refractivity contribution is 7.09. The van der Waals surface area contributed by atoms with Crippen molar-refractivity contribution in [1.82, 2.24) is 9.88 Å². The lowest BCUT2D eigenvalue weighted by Gasteiger charge is -2.19. The van der Waals surface area contributed by atoms with Crippen LogP contribution in [-0.2, 0) is 4.74 Å². The van der Waals surface area contributed by atoms with Crippen molar-refractivity contribution in [2.45, 2.75) is 13.3 Å². The van der Waals surface area contributed by atoms with Crippen LogP contribution >= 0.6 is 11.3 Å². The minimum atomic E-state index is 0.0104. The van der Waals surface area contributed by atoms with Gasteiger partial charge in [0.15, 0.2) is 0 Å². The van der Waals surface area contributed by atoms with Gasteiger partial charge in [-0.05, 0) is 13.3 Å². The lowest BCUT2D eigenvalue weighted by Crippen LogP contribution is -2.32. The molecule has 1 unspecified atom stereocenters. The Labute approximate surface area is 99.2 Å². The topological polar surface area (TPSA) is 42.4 Å². The van der Waals surface area contributed by atoms with Gasteiger partial charge in [-0.3, -0.25) is 4.79 Å². The molecule has 0 aliphatic carbocycles. The van der Waals surface area contributed by atoms with Crippen LogP contribution in [0.2, 0.25) is 0 Å². The van der Waals surface area contributed by atoms with Gasteiger partial charge in [-0.1, -0.05) is 0 Å². The van der Waals surface area contributed by atoms with Gasteiger partial charge in [-0.15, -0.1) is 11.3 Å². The van der Waals surface area contributed by atoms with E-state index in [-0.39, 0.29) is 5.91 Å². The molecule has 16 heavy (non-hydrogen) atoms. The summed E-state index contributed by atoms with van der Waals surface area (Å²) in [6.07, 6.45) is 1.05. The van der Waals surface area contributed by atoms with Crippen molar-refractivity contribution in [1.29, 1.82) is 0 Å². The number of hydrogen-bond acceptors (Lipinski definition) is 4. The van der Waals surface area contributed by atoms with Crippen molar-refractivity contribution >= 4 is 17.2 Å². The Morgan fingerprint density at radius 3 is 3.12 bits per heavy atom. The summed E-state index contributed by atoms with van der Waals surface area (Å²) in [4.78, 5) is 17.9. The van der Waals surface area contributed by atoms with Gasteiger partial charge in [0.1, 0.15) is 5.69 Å². The van der Waals surface area contributed by atoms with Crippen LogP contribution in [0.5, 0.6) is 0 Å². The zero-order chi connectivity index (χ0) is 11.5. The lowest BCUT2D eigenvalue weighted by molar-refractivity contribution is 0.0761. The van der Waals surface area contributed by atoms with Crippen LogP contribution in [0.25, 0.3) is 0 Å². The van der Waals surface area contributed by atoms with Crippen molar-refractivity contribution < 1.29 is 9.53 Å². The third kappa shape index (κ3) is 2.59. The molecule has 0 N–H and O–H groups in total. The number of amides is 1. The van der Waals surface area contributed by atoms with E-state index in [2.05, 4.69) is 4.98 Å². The van der Waals surface area contributed by atoms with Crippen molar-refractivity contribution in [3.05, 3.63) is 16.1 Å². The van der Waals surface area contributed by atoms with Crippen molar-refractivity contribution in [2.24, 2.45) is 5.92 Å². The molecule has 1 aliphatic heterocycles. The van der Waals surface area contributed by atoms with E-state index in [0.29, 0.717) is 11.6 Å². The van der Waals surface area contributed by atoms with E-state index in [1.165, 1.54) is 11.3 Å². The molecule has 5 heteroatoms. The van der Waals surface area contributed by atoms with E-state index >= 15 is 0 Å². The Morgan fingerprint density at radius 2 is 2.56 bits per heavy atom. The molecule has 1 fully saturated rings. The van der Waals surface area contributed by atoms with Crippen molar-refractivity contribution in [2.75, 3.05) is 26.8 Å². The number of carbonyl (C=O) groups is 1. The van der Waals surface area contributed by atoms with E-state index < -0.39 is 0 Å². The first kappa shape index (κ1) is 11.5. The minimum Gasteiger partial charge on any atom is -0.381 e. The van der Waals surface area contributed by atoms with E-state index in [1.54, 1.807) is 4.90 Å². The van der Waals surface area contributed by atoms with E-state index in [4.69, 9.17) is 4.74 Å². The molecule has 1 amide bonds. The molecule has 88 valence electrons. The fraction of sp³-hybridized carbons (Fsp3) is 0.636. The minimum absolute atomic E-state index is 0.0104. The van der Waals surface area contributed by atoms with Crippen molar-refractivity contribution in [3.63, 3.8) is 0 Å². The monoisotopic (exact) mass is 240 g/mol. The van der Waals surface area contributed by atoms with Gasteiger partial charge in [0, 0.05) is 31.5 Å². The molecule has 0 radical (unpaired) electrons. The van der Waals surface area contributed by atoms with Crippen molar-refractivity contribution in [3.8, 4) is 0 Å². The molecule has 2 rings (SSSR count). The summed E-state index contributed by atoms with van der Waals surface area (Å²) in [6.45, 7) is 4.26. The largest absolute Gasteiger partial charge is 0.381 e. The molecule has 0 bridgehead atoms. The first-order chi connectivity index (χ1) is 7.66. The van der Waals surface area contributed by atoms with Gasteiger partial charge in [-0.2, -0.15) is 0 Å². The summed E-state index contributed by atoms with van der Waals surface area (Å²) in [6, 6.07) is 0. The molecule has 1 atom stereocenters. The maximum Gasteiger partial charge on any atom is 0.273 e. The molecule has 0 spiro atoms. The first-order valence-electron chi connectivity index (χ1n) is 5.42. The second-order valence-corrected chi connectivity index (χ2v) is 5.23. The number of ether oxygens (including phenoxy) is 1. The summed E-state index contributed by atoms with van der Waals surface area (Å²) >= 11 is 1.51. The second kappa shape index (κ2) is 4.93. The second-order valence-electron chi connectivity index (χ2n) is 4.17. The molecule has 2 heterocycles. The Bertz CT molecular complexity index is 372. The molecule has 1 aromatic rings. The molecule has 4 nitrogen and oxygen atoms in total. The highest BCUT2D eigenvalue weighted by Gasteiger charge is 2.21. The fourth-order valence-corrected chi connectivity index (χ4v) is 2.44. The summed E-state index contributed by atoms with van der Waals surface area (Å²) in [5, 5.41) is 2.75. The van der Waals surface area contributed by atoms with Gasteiger partial charge < -0.3 is 9.64 Å². The first-order valence-corrected chi connectivity index (χ1v) is 6.30. The number of thiazole rings is 1. The summed E-state index contributed by atoms with van der Waals surface area (Å²) in [5.41, 5.74) is 0.559.